The van der Waals surface area contributed by atoms with E-state index in [-0.39, 0.29) is 5.54 Å². The van der Waals surface area contributed by atoms with Crippen LogP contribution in [0.5, 0.6) is 0 Å². The van der Waals surface area contributed by atoms with Gasteiger partial charge in [-0.3, -0.25) is 0 Å². The number of fused-ring (bicyclic) bond motifs is 1. The van der Waals surface area contributed by atoms with Crippen molar-refractivity contribution >= 4 is 11.3 Å². The maximum Gasteiger partial charge on any atom is 0.113 e. The van der Waals surface area contributed by atoms with Gasteiger partial charge in [0, 0.05) is 11.6 Å². The van der Waals surface area contributed by atoms with Crippen LogP contribution in [0, 0.1) is 0 Å². The Bertz CT molecular complexity index is 480. The molecule has 0 fully saturated rings. The molecule has 1 aliphatic carbocycles. The standard InChI is InChI=1S/C14H16N2S/c1-2-16-14(13-15-7-8-17-13)9-11-5-3-4-6-12(11)10-14/h3-8,16H,2,9-10H2,1H3. The number of aromatic nitrogens is 1. The third-order valence-electron chi connectivity index (χ3n) is 3.46. The molecular formula is C14H16N2S. The van der Waals surface area contributed by atoms with Crippen LogP contribution in [0.2, 0.25) is 0 Å². The molecule has 0 unspecified atom stereocenters. The molecule has 0 bridgehead atoms. The van der Waals surface area contributed by atoms with Crippen LogP contribution in [-0.4, -0.2) is 11.5 Å². The maximum atomic E-state index is 4.53. The molecular weight excluding hydrogens is 228 g/mol. The highest BCUT2D eigenvalue weighted by Crippen LogP contribution is 2.38. The predicted molar refractivity (Wildman–Crippen MR) is 71.3 cm³/mol. The van der Waals surface area contributed by atoms with Crippen LogP contribution in [0.25, 0.3) is 0 Å². The summed E-state index contributed by atoms with van der Waals surface area (Å²) in [5.74, 6) is 0. The number of rotatable bonds is 3. The molecule has 1 N–H and O–H groups in total. The van der Waals surface area contributed by atoms with E-state index in [2.05, 4.69) is 46.9 Å². The Balaban J connectivity index is 2.01. The van der Waals surface area contributed by atoms with Gasteiger partial charge in [0.05, 0.1) is 5.54 Å². The molecule has 0 aliphatic heterocycles. The van der Waals surface area contributed by atoms with Gasteiger partial charge >= 0.3 is 0 Å². The van der Waals surface area contributed by atoms with Crippen molar-refractivity contribution in [3.63, 3.8) is 0 Å². The van der Waals surface area contributed by atoms with Crippen molar-refractivity contribution in [1.29, 1.82) is 0 Å². The van der Waals surface area contributed by atoms with Gasteiger partial charge in [0.25, 0.3) is 0 Å². The first-order valence-corrected chi connectivity index (χ1v) is 6.94. The minimum Gasteiger partial charge on any atom is -0.305 e. The fraction of sp³-hybridized carbons (Fsp3) is 0.357. The maximum absolute atomic E-state index is 4.53. The Morgan fingerprint density at radius 3 is 2.53 bits per heavy atom. The molecule has 2 aromatic rings. The van der Waals surface area contributed by atoms with Gasteiger partial charge in [-0.25, -0.2) is 4.98 Å². The molecule has 1 aromatic carbocycles. The molecule has 0 spiro atoms. The molecule has 3 rings (SSSR count). The first kappa shape index (κ1) is 10.9. The number of hydrogen-bond acceptors (Lipinski definition) is 3. The summed E-state index contributed by atoms with van der Waals surface area (Å²) in [4.78, 5) is 4.53. The Kier molecular flexibility index (Phi) is 2.73. The molecule has 3 heteroatoms. The average Bonchev–Trinajstić information content (AvgIpc) is 2.96. The first-order valence-electron chi connectivity index (χ1n) is 6.06. The fourth-order valence-corrected chi connectivity index (χ4v) is 3.58. The summed E-state index contributed by atoms with van der Waals surface area (Å²) >= 11 is 1.76. The van der Waals surface area contributed by atoms with E-state index in [1.54, 1.807) is 11.3 Å². The van der Waals surface area contributed by atoms with E-state index < -0.39 is 0 Å². The van der Waals surface area contributed by atoms with Gasteiger partial charge < -0.3 is 5.32 Å². The van der Waals surface area contributed by atoms with E-state index in [0.29, 0.717) is 0 Å². The number of nitrogens with zero attached hydrogens (tertiary/aromatic N) is 1. The van der Waals surface area contributed by atoms with E-state index in [4.69, 9.17) is 0 Å². The zero-order valence-corrected chi connectivity index (χ0v) is 10.8. The van der Waals surface area contributed by atoms with Crippen LogP contribution in [0.1, 0.15) is 23.1 Å². The van der Waals surface area contributed by atoms with Gasteiger partial charge in [0.1, 0.15) is 5.01 Å². The summed E-state index contributed by atoms with van der Waals surface area (Å²) in [5, 5.41) is 6.94. The van der Waals surface area contributed by atoms with Gasteiger partial charge in [-0.1, -0.05) is 31.2 Å². The lowest BCUT2D eigenvalue weighted by molar-refractivity contribution is 0.357. The number of thiazole rings is 1. The van der Waals surface area contributed by atoms with Crippen LogP contribution in [-0.2, 0) is 18.4 Å². The average molecular weight is 244 g/mol. The van der Waals surface area contributed by atoms with E-state index in [1.807, 2.05) is 6.20 Å². The number of benzene rings is 1. The quantitative estimate of drug-likeness (QED) is 0.898. The molecule has 0 amide bonds. The Hall–Kier alpha value is -1.19. The Morgan fingerprint density at radius 2 is 2.00 bits per heavy atom. The third-order valence-corrected chi connectivity index (χ3v) is 4.44. The van der Waals surface area contributed by atoms with Crippen molar-refractivity contribution in [2.24, 2.45) is 0 Å². The SMILES string of the molecule is CCNC1(c2nccs2)Cc2ccccc2C1. The zero-order valence-electron chi connectivity index (χ0n) is 9.94. The van der Waals surface area contributed by atoms with Crippen molar-refractivity contribution in [3.8, 4) is 0 Å². The van der Waals surface area contributed by atoms with E-state index in [9.17, 15) is 0 Å². The Labute approximate surface area is 106 Å². The van der Waals surface area contributed by atoms with Crippen molar-refractivity contribution in [3.05, 3.63) is 52.0 Å². The largest absolute Gasteiger partial charge is 0.305 e. The van der Waals surface area contributed by atoms with Crippen molar-refractivity contribution < 1.29 is 0 Å². The van der Waals surface area contributed by atoms with Crippen LogP contribution in [0.15, 0.2) is 35.8 Å². The highest BCUT2D eigenvalue weighted by Gasteiger charge is 2.39. The monoisotopic (exact) mass is 244 g/mol. The van der Waals surface area contributed by atoms with Gasteiger partial charge in [0.15, 0.2) is 0 Å². The number of nitrogens with one attached hydrogen (secondary N) is 1. The topological polar surface area (TPSA) is 24.9 Å². The molecule has 0 saturated carbocycles. The Morgan fingerprint density at radius 1 is 1.29 bits per heavy atom. The lowest BCUT2D eigenvalue weighted by Crippen LogP contribution is -2.43. The smallest absolute Gasteiger partial charge is 0.113 e. The summed E-state index contributed by atoms with van der Waals surface area (Å²) in [6.45, 7) is 3.14. The van der Waals surface area contributed by atoms with Gasteiger partial charge in [-0.15, -0.1) is 11.3 Å². The molecule has 88 valence electrons. The molecule has 1 aromatic heterocycles. The van der Waals surface area contributed by atoms with Crippen molar-refractivity contribution in [2.75, 3.05) is 6.54 Å². The highest BCUT2D eigenvalue weighted by atomic mass is 32.1. The first-order chi connectivity index (χ1) is 8.34. The highest BCUT2D eigenvalue weighted by molar-refractivity contribution is 7.09. The third kappa shape index (κ3) is 1.79. The molecule has 0 saturated heterocycles. The van der Waals surface area contributed by atoms with Crippen molar-refractivity contribution in [2.45, 2.75) is 25.3 Å². The normalized spacial score (nSPS) is 17.0. The zero-order chi connectivity index (χ0) is 11.7. The van der Waals surface area contributed by atoms with Crippen LogP contribution < -0.4 is 5.32 Å². The summed E-state index contributed by atoms with van der Waals surface area (Å²) in [6, 6.07) is 8.73. The minimum absolute atomic E-state index is 0.0343. The lowest BCUT2D eigenvalue weighted by Gasteiger charge is -2.27. The molecule has 1 aliphatic rings. The summed E-state index contributed by atoms with van der Waals surface area (Å²) < 4.78 is 0. The second-order valence-electron chi connectivity index (χ2n) is 4.57. The summed E-state index contributed by atoms with van der Waals surface area (Å²) in [5.41, 5.74) is 2.96. The second kappa shape index (κ2) is 4.24. The number of likely N-dealkylation sites (N-methyl/N-ethyl adjacent to an activating group) is 1. The van der Waals surface area contributed by atoms with Gasteiger partial charge in [0.2, 0.25) is 0 Å². The summed E-state index contributed by atoms with van der Waals surface area (Å²) in [6.07, 6.45) is 4.02. The van der Waals surface area contributed by atoms with Gasteiger partial charge in [-0.2, -0.15) is 0 Å². The fourth-order valence-electron chi connectivity index (χ4n) is 2.77. The van der Waals surface area contributed by atoms with E-state index >= 15 is 0 Å². The molecule has 0 atom stereocenters. The van der Waals surface area contributed by atoms with Gasteiger partial charge in [-0.05, 0) is 30.5 Å². The minimum atomic E-state index is 0.0343. The van der Waals surface area contributed by atoms with Crippen molar-refractivity contribution in [1.82, 2.24) is 10.3 Å². The molecule has 1 heterocycles. The molecule has 2 nitrogen and oxygen atoms in total. The summed E-state index contributed by atoms with van der Waals surface area (Å²) in [7, 11) is 0. The van der Waals surface area contributed by atoms with Crippen LogP contribution >= 0.6 is 11.3 Å². The molecule has 17 heavy (non-hydrogen) atoms. The lowest BCUT2D eigenvalue weighted by atomic mass is 9.96. The van der Waals surface area contributed by atoms with E-state index in [1.165, 1.54) is 16.1 Å². The number of hydrogen-bond donors (Lipinski definition) is 1. The predicted octanol–water partition coefficient (Wildman–Crippen LogP) is 2.75. The molecule has 0 radical (unpaired) electrons. The van der Waals surface area contributed by atoms with E-state index in [0.717, 1.165) is 19.4 Å². The van der Waals surface area contributed by atoms with Crippen LogP contribution in [0.4, 0.5) is 0 Å². The van der Waals surface area contributed by atoms with Crippen LogP contribution in [0.3, 0.4) is 0 Å². The second-order valence-corrected chi connectivity index (χ2v) is 5.47.